The molecule has 3 N–H and O–H groups in total. The Morgan fingerprint density at radius 3 is 2.52 bits per heavy atom. The van der Waals surface area contributed by atoms with Crippen LogP contribution in [0.3, 0.4) is 0 Å². The van der Waals surface area contributed by atoms with E-state index in [4.69, 9.17) is 16.7 Å². The second kappa shape index (κ2) is 9.02. The van der Waals surface area contributed by atoms with Gasteiger partial charge in [-0.05, 0) is 23.8 Å². The highest BCUT2D eigenvalue weighted by molar-refractivity contribution is 6.31. The van der Waals surface area contributed by atoms with Crippen LogP contribution in [0, 0.1) is 0 Å². The monoisotopic (exact) mass is 425 g/mol. The van der Waals surface area contributed by atoms with Gasteiger partial charge >= 0.3 is 6.03 Å². The van der Waals surface area contributed by atoms with E-state index in [1.165, 1.54) is 17.2 Å². The number of halogens is 3. The number of urea groups is 1. The van der Waals surface area contributed by atoms with Gasteiger partial charge in [-0.3, -0.25) is 4.98 Å². The quantitative estimate of drug-likeness (QED) is 0.681. The summed E-state index contributed by atoms with van der Waals surface area (Å²) >= 11 is 6.17. The van der Waals surface area contributed by atoms with Crippen molar-refractivity contribution in [1.29, 1.82) is 0 Å². The average Bonchev–Trinajstić information content (AvgIpc) is 2.73. The summed E-state index contributed by atoms with van der Waals surface area (Å²) in [7, 11) is 0. The minimum atomic E-state index is -1.79. The molecule has 9 heteroatoms. The molecule has 0 spiro atoms. The number of nitrogens with one attached hydrogen (secondary N) is 1. The minimum Gasteiger partial charge on any atom is -0.393 e. The first-order valence-electron chi connectivity index (χ1n) is 9.21. The summed E-state index contributed by atoms with van der Waals surface area (Å²) in [5.41, 5.74) is -0.369. The van der Waals surface area contributed by atoms with Crippen molar-refractivity contribution in [2.75, 3.05) is 25.0 Å². The minimum absolute atomic E-state index is 0.0236. The van der Waals surface area contributed by atoms with E-state index in [0.29, 0.717) is 16.8 Å². The van der Waals surface area contributed by atoms with Gasteiger partial charge in [0.05, 0.1) is 17.3 Å². The maximum atomic E-state index is 15.5. The number of carbonyl (C=O) groups excluding carboxylic acids is 1. The van der Waals surface area contributed by atoms with Crippen LogP contribution in [0.5, 0.6) is 0 Å². The van der Waals surface area contributed by atoms with Crippen molar-refractivity contribution in [3.63, 3.8) is 0 Å². The summed E-state index contributed by atoms with van der Waals surface area (Å²) in [6.07, 6.45) is 0.212. The third-order valence-corrected chi connectivity index (χ3v) is 5.34. The fourth-order valence-corrected chi connectivity index (χ4v) is 3.59. The van der Waals surface area contributed by atoms with Crippen LogP contribution in [0.2, 0.25) is 5.02 Å². The Hall–Kier alpha value is -2.29. The maximum Gasteiger partial charge on any atom is 0.321 e. The molecule has 1 saturated heterocycles. The number of aliphatic hydroxyl groups is 2. The number of pyridine rings is 1. The molecule has 29 heavy (non-hydrogen) atoms. The van der Waals surface area contributed by atoms with Gasteiger partial charge in [0.2, 0.25) is 0 Å². The number of hydrogen-bond acceptors (Lipinski definition) is 4. The standard InChI is InChI=1S/C20H22ClF2N3O3/c21-16-9-14(17(28)12-27)11-24-18(16)20(23)5-7-26(8-6-20)19(29)25-15-3-1-13(10-22)2-4-15/h1-4,9,11,17,27-28H,5-8,10,12H2,(H,25,29). The summed E-state index contributed by atoms with van der Waals surface area (Å²) in [5, 5.41) is 21.4. The third kappa shape index (κ3) is 4.83. The summed E-state index contributed by atoms with van der Waals surface area (Å²) < 4.78 is 28.0. The first kappa shape index (κ1) is 21.4. The predicted octanol–water partition coefficient (Wildman–Crippen LogP) is 3.72. The van der Waals surface area contributed by atoms with Crippen LogP contribution in [-0.2, 0) is 12.3 Å². The number of benzene rings is 1. The van der Waals surface area contributed by atoms with Gasteiger partial charge in [-0.1, -0.05) is 23.7 Å². The van der Waals surface area contributed by atoms with Gasteiger partial charge in [-0.25, -0.2) is 13.6 Å². The van der Waals surface area contributed by atoms with Gasteiger partial charge in [0, 0.05) is 43.4 Å². The summed E-state index contributed by atoms with van der Waals surface area (Å²) in [5.74, 6) is 0. The van der Waals surface area contributed by atoms with E-state index in [1.54, 1.807) is 24.3 Å². The van der Waals surface area contributed by atoms with Gasteiger partial charge in [-0.2, -0.15) is 0 Å². The molecular weight excluding hydrogens is 404 g/mol. The van der Waals surface area contributed by atoms with Crippen molar-refractivity contribution in [3.8, 4) is 0 Å². The Bertz CT molecular complexity index is 859. The molecule has 1 aromatic carbocycles. The lowest BCUT2D eigenvalue weighted by molar-refractivity contribution is 0.0679. The zero-order valence-corrected chi connectivity index (χ0v) is 16.4. The van der Waals surface area contributed by atoms with Crippen molar-refractivity contribution in [1.82, 2.24) is 9.88 Å². The van der Waals surface area contributed by atoms with Crippen molar-refractivity contribution in [2.45, 2.75) is 31.3 Å². The lowest BCUT2D eigenvalue weighted by Gasteiger charge is -2.36. The Balaban J connectivity index is 1.63. The largest absolute Gasteiger partial charge is 0.393 e. The highest BCUT2D eigenvalue weighted by atomic mass is 35.5. The molecule has 1 atom stereocenters. The number of carbonyl (C=O) groups is 1. The molecule has 2 aromatic rings. The Morgan fingerprint density at radius 2 is 1.97 bits per heavy atom. The van der Waals surface area contributed by atoms with Gasteiger partial charge in [0.1, 0.15) is 12.8 Å². The van der Waals surface area contributed by atoms with E-state index in [2.05, 4.69) is 10.3 Å². The van der Waals surface area contributed by atoms with Crippen molar-refractivity contribution < 1.29 is 23.8 Å². The van der Waals surface area contributed by atoms with Crippen LogP contribution < -0.4 is 5.32 Å². The number of alkyl halides is 2. The van der Waals surface area contributed by atoms with Crippen LogP contribution >= 0.6 is 11.6 Å². The zero-order valence-electron chi connectivity index (χ0n) is 15.6. The molecular formula is C20H22ClF2N3O3. The van der Waals surface area contributed by atoms with Crippen LogP contribution in [0.4, 0.5) is 19.3 Å². The summed E-state index contributed by atoms with van der Waals surface area (Å²) in [4.78, 5) is 18.0. The van der Waals surface area contributed by atoms with Crippen molar-refractivity contribution in [3.05, 3.63) is 58.4 Å². The van der Waals surface area contributed by atoms with Gasteiger partial charge in [0.15, 0.2) is 5.67 Å². The van der Waals surface area contributed by atoms with Crippen molar-refractivity contribution >= 4 is 23.3 Å². The highest BCUT2D eigenvalue weighted by Crippen LogP contribution is 2.40. The lowest BCUT2D eigenvalue weighted by Crippen LogP contribution is -2.45. The first-order valence-corrected chi connectivity index (χ1v) is 9.58. The number of hydrogen-bond donors (Lipinski definition) is 3. The zero-order chi connectivity index (χ0) is 21.0. The van der Waals surface area contributed by atoms with E-state index in [-0.39, 0.29) is 42.7 Å². The van der Waals surface area contributed by atoms with E-state index in [9.17, 15) is 14.3 Å². The smallest absolute Gasteiger partial charge is 0.321 e. The SMILES string of the molecule is O=C(Nc1ccc(CF)cc1)N1CCC(F)(c2ncc(C(O)CO)cc2Cl)CC1. The Labute approximate surface area is 172 Å². The molecule has 6 nitrogen and oxygen atoms in total. The number of piperidine rings is 1. The highest BCUT2D eigenvalue weighted by Gasteiger charge is 2.40. The van der Waals surface area contributed by atoms with E-state index >= 15 is 4.39 Å². The number of likely N-dealkylation sites (tertiary alicyclic amines) is 1. The summed E-state index contributed by atoms with van der Waals surface area (Å²) in [6, 6.07) is 7.43. The van der Waals surface area contributed by atoms with Crippen LogP contribution in [0.1, 0.15) is 35.8 Å². The lowest BCUT2D eigenvalue weighted by atomic mass is 9.89. The van der Waals surface area contributed by atoms with Gasteiger partial charge < -0.3 is 20.4 Å². The predicted molar refractivity (Wildman–Crippen MR) is 105 cm³/mol. The molecule has 0 radical (unpaired) electrons. The molecule has 2 heterocycles. The molecule has 156 valence electrons. The topological polar surface area (TPSA) is 85.7 Å². The molecule has 0 saturated carbocycles. The molecule has 2 amide bonds. The van der Waals surface area contributed by atoms with Crippen LogP contribution in [0.15, 0.2) is 36.5 Å². The molecule has 0 bridgehead atoms. The summed E-state index contributed by atoms with van der Waals surface area (Å²) in [6.45, 7) is -0.720. The number of anilines is 1. The van der Waals surface area contributed by atoms with Gasteiger partial charge in [0.25, 0.3) is 0 Å². The number of rotatable bonds is 5. The number of amides is 2. The Kier molecular flexibility index (Phi) is 6.66. The van der Waals surface area contributed by atoms with Crippen LogP contribution in [0.25, 0.3) is 0 Å². The second-order valence-corrected chi connectivity index (χ2v) is 7.42. The molecule has 3 rings (SSSR count). The van der Waals surface area contributed by atoms with E-state index < -0.39 is 25.1 Å². The normalized spacial score (nSPS) is 17.1. The molecule has 1 aliphatic heterocycles. The maximum absolute atomic E-state index is 15.5. The molecule has 1 aliphatic rings. The average molecular weight is 426 g/mol. The molecule has 1 fully saturated rings. The third-order valence-electron chi connectivity index (χ3n) is 5.05. The van der Waals surface area contributed by atoms with Crippen LogP contribution in [-0.4, -0.2) is 45.8 Å². The number of nitrogens with zero attached hydrogens (tertiary/aromatic N) is 2. The molecule has 1 aromatic heterocycles. The number of aliphatic hydroxyl groups excluding tert-OH is 2. The van der Waals surface area contributed by atoms with Gasteiger partial charge in [-0.15, -0.1) is 0 Å². The molecule has 0 aliphatic carbocycles. The van der Waals surface area contributed by atoms with E-state index in [0.717, 1.165) is 0 Å². The first-order chi connectivity index (χ1) is 13.9. The number of aromatic nitrogens is 1. The van der Waals surface area contributed by atoms with E-state index in [1.807, 2.05) is 0 Å². The molecule has 1 unspecified atom stereocenters. The van der Waals surface area contributed by atoms with Crippen molar-refractivity contribution in [2.24, 2.45) is 0 Å². The fourth-order valence-electron chi connectivity index (χ4n) is 3.25. The Morgan fingerprint density at radius 1 is 1.31 bits per heavy atom. The fraction of sp³-hybridized carbons (Fsp3) is 0.400. The second-order valence-electron chi connectivity index (χ2n) is 7.01.